The number of rotatable bonds is 2. The van der Waals surface area contributed by atoms with E-state index in [2.05, 4.69) is 27.7 Å². The summed E-state index contributed by atoms with van der Waals surface area (Å²) < 4.78 is 25.7. The fourth-order valence-corrected chi connectivity index (χ4v) is 3.98. The van der Waals surface area contributed by atoms with E-state index in [4.69, 9.17) is 11.6 Å². The molecule has 1 fully saturated rings. The first-order valence-electron chi connectivity index (χ1n) is 5.47. The van der Waals surface area contributed by atoms with Crippen LogP contribution in [0.25, 0.3) is 0 Å². The Hall–Kier alpha value is 0.180. The third kappa shape index (κ3) is 3.14. The number of hydrogen-bond acceptors (Lipinski definition) is 3. The van der Waals surface area contributed by atoms with Gasteiger partial charge in [0.25, 0.3) is 0 Å². The molecule has 7 heteroatoms. The lowest BCUT2D eigenvalue weighted by Gasteiger charge is -2.28. The zero-order valence-electron chi connectivity index (χ0n) is 9.44. The van der Waals surface area contributed by atoms with E-state index >= 15 is 0 Å². The molecule has 2 atom stereocenters. The van der Waals surface area contributed by atoms with Crippen LogP contribution in [0, 0.1) is 3.70 Å². The Morgan fingerprint density at radius 2 is 2.24 bits per heavy atom. The molecule has 1 aromatic heterocycles. The largest absolute Gasteiger partial charge is 0.267 e. The van der Waals surface area contributed by atoms with Gasteiger partial charge >= 0.3 is 0 Å². The molecule has 0 N–H and O–H groups in total. The Kier molecular flexibility index (Phi) is 4.04. The molecule has 0 aliphatic heterocycles. The average Bonchev–Trinajstić information content (AvgIpc) is 2.58. The van der Waals surface area contributed by atoms with E-state index in [0.717, 1.165) is 23.0 Å². The fourth-order valence-electron chi connectivity index (χ4n) is 2.28. The highest BCUT2D eigenvalue weighted by Gasteiger charge is 2.30. The molecular weight excluding hydrogens is 375 g/mol. The topological polar surface area (TPSA) is 52.0 Å². The van der Waals surface area contributed by atoms with Crippen molar-refractivity contribution < 1.29 is 8.42 Å². The standard InChI is InChI=1S/C10H14ClIN2O2S/c1-17(15,16)8-4-2-3-7(5-8)14-6-9(11)10(12)13-14/h6-8H,2-5H2,1H3. The van der Waals surface area contributed by atoms with Crippen LogP contribution in [0.1, 0.15) is 31.7 Å². The van der Waals surface area contributed by atoms with Gasteiger partial charge in [-0.3, -0.25) is 4.68 Å². The van der Waals surface area contributed by atoms with E-state index in [1.807, 2.05) is 4.68 Å². The molecule has 0 spiro atoms. The molecule has 0 radical (unpaired) electrons. The maximum absolute atomic E-state index is 11.6. The van der Waals surface area contributed by atoms with Crippen LogP contribution in [0.3, 0.4) is 0 Å². The van der Waals surface area contributed by atoms with Gasteiger partial charge < -0.3 is 0 Å². The minimum Gasteiger partial charge on any atom is -0.267 e. The zero-order valence-corrected chi connectivity index (χ0v) is 13.2. The monoisotopic (exact) mass is 388 g/mol. The number of aromatic nitrogens is 2. The Balaban J connectivity index is 2.18. The lowest BCUT2D eigenvalue weighted by molar-refractivity contribution is 0.328. The number of nitrogens with zero attached hydrogens (tertiary/aromatic N) is 2. The van der Waals surface area contributed by atoms with Gasteiger partial charge in [-0.15, -0.1) is 0 Å². The van der Waals surface area contributed by atoms with E-state index in [-0.39, 0.29) is 11.3 Å². The molecule has 0 amide bonds. The van der Waals surface area contributed by atoms with Gasteiger partial charge in [-0.25, -0.2) is 8.42 Å². The Morgan fingerprint density at radius 3 is 2.76 bits per heavy atom. The predicted octanol–water partition coefficient (Wildman–Crippen LogP) is 2.67. The Labute approximate surface area is 120 Å². The molecule has 17 heavy (non-hydrogen) atoms. The summed E-state index contributed by atoms with van der Waals surface area (Å²) in [6, 6.07) is 0.157. The van der Waals surface area contributed by atoms with Crippen LogP contribution in [0.4, 0.5) is 0 Å². The van der Waals surface area contributed by atoms with Crippen molar-refractivity contribution in [2.45, 2.75) is 37.0 Å². The normalized spacial score (nSPS) is 26.1. The minimum absolute atomic E-state index is 0.157. The Bertz CT molecular complexity index is 495. The first kappa shape index (κ1) is 13.6. The van der Waals surface area contributed by atoms with E-state index in [0.29, 0.717) is 11.4 Å². The zero-order chi connectivity index (χ0) is 12.6. The smallest absolute Gasteiger partial charge is 0.150 e. The summed E-state index contributed by atoms with van der Waals surface area (Å²) in [6.45, 7) is 0. The van der Waals surface area contributed by atoms with Crippen molar-refractivity contribution in [1.82, 2.24) is 9.78 Å². The second kappa shape index (κ2) is 5.05. The summed E-state index contributed by atoms with van der Waals surface area (Å²) in [5.41, 5.74) is 0. The van der Waals surface area contributed by atoms with Crippen LogP contribution in [0.2, 0.25) is 5.02 Å². The Morgan fingerprint density at radius 1 is 1.53 bits per heavy atom. The highest BCUT2D eigenvalue weighted by atomic mass is 127. The predicted molar refractivity (Wildman–Crippen MR) is 76.1 cm³/mol. The second-order valence-electron chi connectivity index (χ2n) is 4.52. The first-order chi connectivity index (χ1) is 7.88. The lowest BCUT2D eigenvalue weighted by atomic mass is 9.95. The summed E-state index contributed by atoms with van der Waals surface area (Å²) in [5.74, 6) is 0. The van der Waals surface area contributed by atoms with Gasteiger partial charge in [0.2, 0.25) is 0 Å². The summed E-state index contributed by atoms with van der Waals surface area (Å²) in [5, 5.41) is 4.72. The third-order valence-electron chi connectivity index (χ3n) is 3.22. The van der Waals surface area contributed by atoms with E-state index in [9.17, 15) is 8.42 Å². The summed E-state index contributed by atoms with van der Waals surface area (Å²) >= 11 is 8.05. The molecule has 1 aromatic rings. The third-order valence-corrected chi connectivity index (χ3v) is 6.26. The summed E-state index contributed by atoms with van der Waals surface area (Å²) in [6.07, 6.45) is 6.42. The number of sulfone groups is 1. The summed E-state index contributed by atoms with van der Waals surface area (Å²) in [7, 11) is -2.95. The molecule has 0 aromatic carbocycles. The minimum atomic E-state index is -2.95. The van der Waals surface area contributed by atoms with Gasteiger partial charge in [-0.2, -0.15) is 5.10 Å². The highest BCUT2D eigenvalue weighted by Crippen LogP contribution is 2.32. The van der Waals surface area contributed by atoms with Gasteiger partial charge in [0.1, 0.15) is 13.5 Å². The molecule has 2 unspecified atom stereocenters. The molecule has 96 valence electrons. The maximum Gasteiger partial charge on any atom is 0.150 e. The average molecular weight is 389 g/mol. The molecule has 1 saturated carbocycles. The van der Waals surface area contributed by atoms with Crippen LogP contribution in [0.15, 0.2) is 6.20 Å². The van der Waals surface area contributed by atoms with Gasteiger partial charge in [-0.1, -0.05) is 18.0 Å². The molecule has 0 bridgehead atoms. The van der Waals surface area contributed by atoms with Crippen molar-refractivity contribution in [2.24, 2.45) is 0 Å². The highest BCUT2D eigenvalue weighted by molar-refractivity contribution is 14.1. The SMILES string of the molecule is CS(=O)(=O)C1CCCC(n2cc(Cl)c(I)n2)C1. The van der Waals surface area contributed by atoms with Gasteiger partial charge in [0, 0.05) is 12.5 Å². The van der Waals surface area contributed by atoms with Crippen molar-refractivity contribution in [3.8, 4) is 0 Å². The van der Waals surface area contributed by atoms with Crippen LogP contribution in [-0.2, 0) is 9.84 Å². The second-order valence-corrected chi connectivity index (χ2v) is 8.27. The van der Waals surface area contributed by atoms with Gasteiger partial charge in [-0.05, 0) is 41.9 Å². The summed E-state index contributed by atoms with van der Waals surface area (Å²) in [4.78, 5) is 0. The molecule has 1 aliphatic carbocycles. The van der Waals surface area contributed by atoms with Gasteiger partial charge in [0.15, 0.2) is 0 Å². The van der Waals surface area contributed by atoms with Crippen LogP contribution in [0.5, 0.6) is 0 Å². The van der Waals surface area contributed by atoms with E-state index in [1.54, 1.807) is 6.20 Å². The van der Waals surface area contributed by atoms with Gasteiger partial charge in [0.05, 0.1) is 16.3 Å². The molecule has 1 aliphatic rings. The van der Waals surface area contributed by atoms with Crippen LogP contribution < -0.4 is 0 Å². The van der Waals surface area contributed by atoms with E-state index in [1.165, 1.54) is 6.26 Å². The van der Waals surface area contributed by atoms with Crippen molar-refractivity contribution in [3.05, 3.63) is 14.9 Å². The van der Waals surface area contributed by atoms with Crippen molar-refractivity contribution in [1.29, 1.82) is 0 Å². The molecule has 0 saturated heterocycles. The van der Waals surface area contributed by atoms with Crippen LogP contribution >= 0.6 is 34.2 Å². The van der Waals surface area contributed by atoms with E-state index < -0.39 is 9.84 Å². The molecule has 4 nitrogen and oxygen atoms in total. The quantitative estimate of drug-likeness (QED) is 0.732. The number of halogens is 2. The first-order valence-corrected chi connectivity index (χ1v) is 8.88. The van der Waals surface area contributed by atoms with Crippen LogP contribution in [-0.4, -0.2) is 29.7 Å². The molecule has 2 rings (SSSR count). The maximum atomic E-state index is 11.6. The fraction of sp³-hybridized carbons (Fsp3) is 0.700. The molecule has 1 heterocycles. The van der Waals surface area contributed by atoms with Crippen molar-refractivity contribution >= 4 is 44.0 Å². The molecular formula is C10H14ClIN2O2S. The van der Waals surface area contributed by atoms with Crippen molar-refractivity contribution in [3.63, 3.8) is 0 Å². The lowest BCUT2D eigenvalue weighted by Crippen LogP contribution is -2.29. The van der Waals surface area contributed by atoms with Crippen molar-refractivity contribution in [2.75, 3.05) is 6.26 Å². The number of hydrogen-bond donors (Lipinski definition) is 0.